The maximum atomic E-state index is 6.80. The highest BCUT2D eigenvalue weighted by Gasteiger charge is 2.22. The van der Waals surface area contributed by atoms with Gasteiger partial charge in [0, 0.05) is 28.0 Å². The molecule has 0 saturated carbocycles. The van der Waals surface area contributed by atoms with Crippen molar-refractivity contribution in [1.82, 2.24) is 14.5 Å². The lowest BCUT2D eigenvalue weighted by Crippen LogP contribution is -1.98. The third-order valence-electron chi connectivity index (χ3n) is 7.38. The molecule has 37 heavy (non-hydrogen) atoms. The average Bonchev–Trinajstić information content (AvgIpc) is 3.53. The van der Waals surface area contributed by atoms with Crippen LogP contribution in [0.2, 0.25) is 0 Å². The van der Waals surface area contributed by atoms with Crippen molar-refractivity contribution in [2.45, 2.75) is 6.92 Å². The van der Waals surface area contributed by atoms with Gasteiger partial charge in [0.1, 0.15) is 11.2 Å². The summed E-state index contributed by atoms with van der Waals surface area (Å²) in [6, 6.07) is 35.9. The Morgan fingerprint density at radius 3 is 2.32 bits per heavy atom. The van der Waals surface area contributed by atoms with E-state index in [-0.39, 0.29) is 0 Å². The molecule has 8 rings (SSSR count). The molecule has 4 nitrogen and oxygen atoms in total. The van der Waals surface area contributed by atoms with Crippen molar-refractivity contribution in [3.63, 3.8) is 0 Å². The van der Waals surface area contributed by atoms with Crippen LogP contribution in [0.5, 0.6) is 0 Å². The van der Waals surface area contributed by atoms with Gasteiger partial charge in [-0.15, -0.1) is 0 Å². The topological polar surface area (TPSA) is 43.9 Å². The Morgan fingerprint density at radius 2 is 1.41 bits per heavy atom. The zero-order valence-electron chi connectivity index (χ0n) is 20.1. The van der Waals surface area contributed by atoms with Gasteiger partial charge in [-0.2, -0.15) is 0 Å². The molecule has 4 heteroatoms. The summed E-state index contributed by atoms with van der Waals surface area (Å²) in [4.78, 5) is 9.65. The summed E-state index contributed by atoms with van der Waals surface area (Å²) < 4.78 is 9.00. The molecule has 8 aromatic rings. The van der Waals surface area contributed by atoms with Crippen molar-refractivity contribution in [3.8, 4) is 17.1 Å². The Hall–Kier alpha value is -4.96. The molecule has 0 N–H and O–H groups in total. The molecule has 0 unspecified atom stereocenters. The molecule has 0 amide bonds. The maximum Gasteiger partial charge on any atom is 0.178 e. The molecule has 0 bridgehead atoms. The maximum absolute atomic E-state index is 6.80. The lowest BCUT2D eigenvalue weighted by molar-refractivity contribution is 0.673. The second-order valence-corrected chi connectivity index (χ2v) is 9.52. The second kappa shape index (κ2) is 7.52. The summed E-state index contributed by atoms with van der Waals surface area (Å²) in [5.74, 6) is 0.821. The van der Waals surface area contributed by atoms with Gasteiger partial charge in [0.25, 0.3) is 0 Å². The number of benzene rings is 5. The van der Waals surface area contributed by atoms with E-state index in [2.05, 4.69) is 107 Å². The van der Waals surface area contributed by atoms with Crippen LogP contribution < -0.4 is 0 Å². The molecule has 3 aromatic heterocycles. The Labute approximate surface area is 212 Å². The van der Waals surface area contributed by atoms with Gasteiger partial charge in [-0.1, -0.05) is 72.8 Å². The summed E-state index contributed by atoms with van der Waals surface area (Å²) >= 11 is 0. The summed E-state index contributed by atoms with van der Waals surface area (Å²) in [6.45, 7) is 2.11. The Balaban J connectivity index is 1.52. The zero-order chi connectivity index (χ0) is 24.5. The highest BCUT2D eigenvalue weighted by molar-refractivity contribution is 6.23. The van der Waals surface area contributed by atoms with E-state index in [1.54, 1.807) is 0 Å². The number of imidazole rings is 1. The second-order valence-electron chi connectivity index (χ2n) is 9.52. The molecule has 0 saturated heterocycles. The van der Waals surface area contributed by atoms with E-state index in [0.29, 0.717) is 0 Å². The number of fused-ring (bicyclic) bond motifs is 8. The third kappa shape index (κ3) is 2.84. The zero-order valence-corrected chi connectivity index (χ0v) is 20.1. The summed E-state index contributed by atoms with van der Waals surface area (Å²) in [6.07, 6.45) is 1.82. The molecule has 0 aliphatic rings. The lowest BCUT2D eigenvalue weighted by atomic mass is 9.99. The van der Waals surface area contributed by atoms with E-state index in [9.17, 15) is 0 Å². The highest BCUT2D eigenvalue weighted by Crippen LogP contribution is 2.41. The number of hydrogen-bond donors (Lipinski definition) is 0. The minimum atomic E-state index is 0.725. The number of furan rings is 1. The quantitative estimate of drug-likeness (QED) is 0.235. The van der Waals surface area contributed by atoms with Crippen molar-refractivity contribution in [1.29, 1.82) is 0 Å². The van der Waals surface area contributed by atoms with Crippen LogP contribution in [0.1, 0.15) is 5.56 Å². The molecule has 3 heterocycles. The van der Waals surface area contributed by atoms with Crippen molar-refractivity contribution in [2.24, 2.45) is 0 Å². The van der Waals surface area contributed by atoms with Crippen LogP contribution in [0.4, 0.5) is 0 Å². The summed E-state index contributed by atoms with van der Waals surface area (Å²) in [7, 11) is 0. The van der Waals surface area contributed by atoms with E-state index in [0.717, 1.165) is 61.1 Å². The predicted octanol–water partition coefficient (Wildman–Crippen LogP) is 8.60. The third-order valence-corrected chi connectivity index (χ3v) is 7.38. The molecular weight excluding hydrogens is 454 g/mol. The number of pyridine rings is 1. The first-order valence-electron chi connectivity index (χ1n) is 12.4. The SMILES string of the molecule is Cc1ccnc2nc(-c3cccc4c3oc3c4ccc4ccc5ccccc5c43)n(-c3ccccc3)c12. The molecule has 0 spiro atoms. The molecule has 5 aromatic carbocycles. The Morgan fingerprint density at radius 1 is 0.649 bits per heavy atom. The van der Waals surface area contributed by atoms with Gasteiger partial charge in [0.15, 0.2) is 11.5 Å². The molecule has 174 valence electrons. The molecule has 0 aliphatic carbocycles. The number of para-hydroxylation sites is 2. The van der Waals surface area contributed by atoms with Crippen molar-refractivity contribution in [3.05, 3.63) is 115 Å². The number of nitrogens with zero attached hydrogens (tertiary/aromatic N) is 3. The van der Waals surface area contributed by atoms with Gasteiger partial charge in [-0.25, -0.2) is 9.97 Å². The first kappa shape index (κ1) is 20.3. The van der Waals surface area contributed by atoms with Crippen molar-refractivity contribution >= 4 is 54.6 Å². The lowest BCUT2D eigenvalue weighted by Gasteiger charge is -2.10. The van der Waals surface area contributed by atoms with Crippen LogP contribution in [0.15, 0.2) is 114 Å². The van der Waals surface area contributed by atoms with E-state index in [1.807, 2.05) is 18.3 Å². The Bertz CT molecular complexity index is 2150. The fourth-order valence-electron chi connectivity index (χ4n) is 5.68. The number of aromatic nitrogens is 3. The van der Waals surface area contributed by atoms with E-state index >= 15 is 0 Å². The first-order chi connectivity index (χ1) is 18.3. The van der Waals surface area contributed by atoms with Gasteiger partial charge < -0.3 is 4.42 Å². The highest BCUT2D eigenvalue weighted by atomic mass is 16.3. The van der Waals surface area contributed by atoms with Gasteiger partial charge in [-0.3, -0.25) is 4.57 Å². The average molecular weight is 476 g/mol. The number of aryl methyl sites for hydroxylation is 1. The van der Waals surface area contributed by atoms with Crippen LogP contribution in [0.3, 0.4) is 0 Å². The summed E-state index contributed by atoms with van der Waals surface area (Å²) in [5.41, 5.74) is 6.60. The van der Waals surface area contributed by atoms with Crippen LogP contribution >= 0.6 is 0 Å². The van der Waals surface area contributed by atoms with Crippen LogP contribution in [0, 0.1) is 6.92 Å². The molecular formula is C33H21N3O. The van der Waals surface area contributed by atoms with E-state index in [1.165, 1.54) is 16.2 Å². The van der Waals surface area contributed by atoms with Crippen LogP contribution in [-0.2, 0) is 0 Å². The Kier molecular flexibility index (Phi) is 4.12. The van der Waals surface area contributed by atoms with Crippen LogP contribution in [0.25, 0.3) is 71.7 Å². The van der Waals surface area contributed by atoms with Crippen LogP contribution in [-0.4, -0.2) is 14.5 Å². The van der Waals surface area contributed by atoms with Gasteiger partial charge in [0.05, 0.1) is 11.1 Å². The normalized spacial score (nSPS) is 11.9. The standard InChI is InChI=1S/C33H21N3O/c1-20-18-19-34-32-29(20)36(23-9-3-2-4-10-23)33(35-32)27-13-7-12-25-26-17-16-22-15-14-21-8-5-6-11-24(21)28(22)31(26)37-30(25)27/h2-19H,1H3. The number of rotatable bonds is 2. The minimum absolute atomic E-state index is 0.725. The minimum Gasteiger partial charge on any atom is -0.455 e. The molecule has 0 atom stereocenters. The molecule has 0 fully saturated rings. The van der Waals surface area contributed by atoms with Gasteiger partial charge in [0.2, 0.25) is 0 Å². The first-order valence-corrected chi connectivity index (χ1v) is 12.4. The molecule has 0 aliphatic heterocycles. The van der Waals surface area contributed by atoms with Gasteiger partial charge in [-0.05, 0) is 59.0 Å². The predicted molar refractivity (Wildman–Crippen MR) is 151 cm³/mol. The summed E-state index contributed by atoms with van der Waals surface area (Å²) in [5, 5.41) is 6.91. The molecule has 0 radical (unpaired) electrons. The van der Waals surface area contributed by atoms with E-state index in [4.69, 9.17) is 9.40 Å². The number of hydrogen-bond acceptors (Lipinski definition) is 3. The van der Waals surface area contributed by atoms with Gasteiger partial charge >= 0.3 is 0 Å². The largest absolute Gasteiger partial charge is 0.455 e. The monoisotopic (exact) mass is 475 g/mol. The van der Waals surface area contributed by atoms with Crippen molar-refractivity contribution < 1.29 is 4.42 Å². The fraction of sp³-hybridized carbons (Fsp3) is 0.0303. The van der Waals surface area contributed by atoms with Crippen molar-refractivity contribution in [2.75, 3.05) is 0 Å². The fourth-order valence-corrected chi connectivity index (χ4v) is 5.68. The smallest absolute Gasteiger partial charge is 0.178 e. The van der Waals surface area contributed by atoms with E-state index < -0.39 is 0 Å².